The van der Waals surface area contributed by atoms with E-state index in [1.165, 1.54) is 5.56 Å². The minimum Gasteiger partial charge on any atom is -0.265 e. The molecule has 1 aliphatic rings. The van der Waals surface area contributed by atoms with Crippen molar-refractivity contribution in [2.75, 3.05) is 0 Å². The number of nitrogens with zero attached hydrogens (tertiary/aromatic N) is 1. The van der Waals surface area contributed by atoms with Crippen LogP contribution < -0.4 is 10.9 Å². The number of alkyl halides is 1. The van der Waals surface area contributed by atoms with Gasteiger partial charge in [-0.25, -0.2) is 5.43 Å². The summed E-state index contributed by atoms with van der Waals surface area (Å²) in [6, 6.07) is 5.03. The van der Waals surface area contributed by atoms with Crippen LogP contribution in [0.15, 0.2) is 24.5 Å². The average molecular weight is 289 g/mol. The number of aromatic nitrogens is 1. The molecule has 3 atom stereocenters. The van der Waals surface area contributed by atoms with E-state index in [0.29, 0.717) is 16.0 Å². The molecule has 1 fully saturated rings. The second-order valence-electron chi connectivity index (χ2n) is 3.28. The maximum absolute atomic E-state index is 4.01. The number of hydrazine groups is 1. The highest BCUT2D eigenvalue weighted by Gasteiger charge is 2.31. The summed E-state index contributed by atoms with van der Waals surface area (Å²) in [5.74, 6) is 0. The topological polar surface area (TPSA) is 37.0 Å². The quantitative estimate of drug-likeness (QED) is 0.606. The van der Waals surface area contributed by atoms with E-state index in [-0.39, 0.29) is 0 Å². The Kier molecular flexibility index (Phi) is 2.80. The molecule has 0 bridgehead atoms. The van der Waals surface area contributed by atoms with Gasteiger partial charge >= 0.3 is 0 Å². The lowest BCUT2D eigenvalue weighted by Crippen LogP contribution is -2.29. The Morgan fingerprint density at radius 3 is 2.54 bits per heavy atom. The lowest BCUT2D eigenvalue weighted by Gasteiger charge is -2.14. The monoisotopic (exact) mass is 289 g/mol. The number of pyridine rings is 1. The SMILES string of the molecule is CC1NNC(c2ccncc2)C1I. The van der Waals surface area contributed by atoms with Gasteiger partial charge in [-0.2, -0.15) is 0 Å². The fourth-order valence-electron chi connectivity index (χ4n) is 1.51. The smallest absolute Gasteiger partial charge is 0.0596 e. The molecule has 2 N–H and O–H groups in total. The summed E-state index contributed by atoms with van der Waals surface area (Å²) < 4.78 is 0.583. The van der Waals surface area contributed by atoms with Crippen molar-refractivity contribution >= 4 is 22.6 Å². The first-order chi connectivity index (χ1) is 6.29. The van der Waals surface area contributed by atoms with Gasteiger partial charge in [-0.15, -0.1) is 0 Å². The molecule has 0 saturated carbocycles. The van der Waals surface area contributed by atoms with Crippen LogP contribution in [0.4, 0.5) is 0 Å². The van der Waals surface area contributed by atoms with Gasteiger partial charge in [-0.3, -0.25) is 10.4 Å². The Balaban J connectivity index is 2.19. The van der Waals surface area contributed by atoms with E-state index in [9.17, 15) is 0 Å². The highest BCUT2D eigenvalue weighted by Crippen LogP contribution is 2.28. The molecule has 0 radical (unpaired) electrons. The van der Waals surface area contributed by atoms with Crippen LogP contribution in [0.2, 0.25) is 0 Å². The van der Waals surface area contributed by atoms with Crippen LogP contribution in [-0.4, -0.2) is 15.0 Å². The zero-order valence-corrected chi connectivity index (χ0v) is 9.52. The maximum atomic E-state index is 4.01. The van der Waals surface area contributed by atoms with E-state index in [1.807, 2.05) is 12.4 Å². The number of hydrogen-bond acceptors (Lipinski definition) is 3. The zero-order valence-electron chi connectivity index (χ0n) is 7.37. The lowest BCUT2D eigenvalue weighted by atomic mass is 10.0. The molecule has 1 aromatic rings. The molecule has 70 valence electrons. The Hall–Kier alpha value is -0.200. The van der Waals surface area contributed by atoms with Crippen LogP contribution in [0.3, 0.4) is 0 Å². The van der Waals surface area contributed by atoms with E-state index in [4.69, 9.17) is 0 Å². The summed E-state index contributed by atoms with van der Waals surface area (Å²) in [5, 5.41) is 0. The van der Waals surface area contributed by atoms with Gasteiger partial charge in [0.2, 0.25) is 0 Å². The van der Waals surface area contributed by atoms with Crippen molar-refractivity contribution in [2.45, 2.75) is 22.9 Å². The maximum Gasteiger partial charge on any atom is 0.0596 e. The fraction of sp³-hybridized carbons (Fsp3) is 0.444. The van der Waals surface area contributed by atoms with Crippen molar-refractivity contribution in [1.82, 2.24) is 15.8 Å². The van der Waals surface area contributed by atoms with Gasteiger partial charge < -0.3 is 0 Å². The van der Waals surface area contributed by atoms with Crippen LogP contribution in [0.1, 0.15) is 18.5 Å². The lowest BCUT2D eigenvalue weighted by molar-refractivity contribution is 0.560. The Morgan fingerprint density at radius 2 is 2.00 bits per heavy atom. The predicted octanol–water partition coefficient (Wildman–Crippen LogP) is 1.42. The summed E-state index contributed by atoms with van der Waals surface area (Å²) >= 11 is 2.48. The van der Waals surface area contributed by atoms with Gasteiger partial charge in [0.1, 0.15) is 0 Å². The van der Waals surface area contributed by atoms with Crippen LogP contribution in [0.5, 0.6) is 0 Å². The molecule has 0 aromatic carbocycles. The van der Waals surface area contributed by atoms with Gasteiger partial charge in [-0.05, 0) is 24.6 Å². The highest BCUT2D eigenvalue weighted by atomic mass is 127. The van der Waals surface area contributed by atoms with Crippen LogP contribution >= 0.6 is 22.6 Å². The van der Waals surface area contributed by atoms with Crippen molar-refractivity contribution in [1.29, 1.82) is 0 Å². The molecule has 2 rings (SSSR count). The first-order valence-corrected chi connectivity index (χ1v) is 5.58. The molecule has 4 heteroatoms. The van der Waals surface area contributed by atoms with Gasteiger partial charge in [0.15, 0.2) is 0 Å². The molecular weight excluding hydrogens is 277 g/mol. The second kappa shape index (κ2) is 3.89. The Labute approximate surface area is 91.4 Å². The summed E-state index contributed by atoms with van der Waals surface area (Å²) in [5.41, 5.74) is 7.82. The van der Waals surface area contributed by atoms with Gasteiger partial charge in [-0.1, -0.05) is 22.6 Å². The largest absolute Gasteiger partial charge is 0.265 e. The molecular formula is C9H12IN3. The molecule has 0 aliphatic carbocycles. The molecule has 13 heavy (non-hydrogen) atoms. The van der Waals surface area contributed by atoms with Gasteiger partial charge in [0.05, 0.1) is 6.04 Å². The minimum atomic E-state index is 0.401. The Morgan fingerprint density at radius 1 is 1.31 bits per heavy atom. The van der Waals surface area contributed by atoms with Crippen LogP contribution in [0, 0.1) is 0 Å². The first kappa shape index (κ1) is 9.36. The molecule has 0 spiro atoms. The van der Waals surface area contributed by atoms with Crippen molar-refractivity contribution < 1.29 is 0 Å². The number of nitrogens with one attached hydrogen (secondary N) is 2. The van der Waals surface area contributed by atoms with Crippen molar-refractivity contribution in [3.63, 3.8) is 0 Å². The summed E-state index contributed by atoms with van der Waals surface area (Å²) in [6.07, 6.45) is 3.67. The van der Waals surface area contributed by atoms with Gasteiger partial charge in [0, 0.05) is 22.4 Å². The second-order valence-corrected chi connectivity index (χ2v) is 4.72. The molecule has 0 amide bonds. The highest BCUT2D eigenvalue weighted by molar-refractivity contribution is 14.1. The van der Waals surface area contributed by atoms with E-state index >= 15 is 0 Å². The predicted molar refractivity (Wildman–Crippen MR) is 60.5 cm³/mol. The number of halogens is 1. The molecule has 2 heterocycles. The van der Waals surface area contributed by atoms with E-state index in [2.05, 4.69) is 57.5 Å². The summed E-state index contributed by atoms with van der Waals surface area (Å²) in [7, 11) is 0. The molecule has 1 aliphatic heterocycles. The third-order valence-electron chi connectivity index (χ3n) is 2.33. The molecule has 3 nitrogen and oxygen atoms in total. The summed E-state index contributed by atoms with van der Waals surface area (Å²) in [6.45, 7) is 2.19. The first-order valence-electron chi connectivity index (χ1n) is 4.34. The number of rotatable bonds is 1. The fourth-order valence-corrected chi connectivity index (χ4v) is 2.28. The van der Waals surface area contributed by atoms with Crippen LogP contribution in [-0.2, 0) is 0 Å². The van der Waals surface area contributed by atoms with Gasteiger partial charge in [0.25, 0.3) is 0 Å². The normalized spacial score (nSPS) is 33.5. The average Bonchev–Trinajstić information content (AvgIpc) is 2.49. The Bertz CT molecular complexity index is 277. The van der Waals surface area contributed by atoms with Crippen LogP contribution in [0.25, 0.3) is 0 Å². The van der Waals surface area contributed by atoms with E-state index in [0.717, 1.165) is 0 Å². The zero-order chi connectivity index (χ0) is 9.26. The van der Waals surface area contributed by atoms with E-state index < -0.39 is 0 Å². The van der Waals surface area contributed by atoms with Crippen molar-refractivity contribution in [3.05, 3.63) is 30.1 Å². The standard InChI is InChI=1S/C9H12IN3/c1-6-8(10)9(13-12-6)7-2-4-11-5-3-7/h2-6,8-9,12-13H,1H3. The molecule has 1 saturated heterocycles. The third-order valence-corrected chi connectivity index (χ3v) is 4.13. The van der Waals surface area contributed by atoms with E-state index in [1.54, 1.807) is 0 Å². The molecule has 3 unspecified atom stereocenters. The summed E-state index contributed by atoms with van der Waals surface area (Å²) in [4.78, 5) is 4.01. The van der Waals surface area contributed by atoms with Crippen molar-refractivity contribution in [2.24, 2.45) is 0 Å². The van der Waals surface area contributed by atoms with Crippen molar-refractivity contribution in [3.8, 4) is 0 Å². The molecule has 1 aromatic heterocycles. The number of hydrogen-bond donors (Lipinski definition) is 2. The minimum absolute atomic E-state index is 0.401. The third kappa shape index (κ3) is 1.84.